The quantitative estimate of drug-likeness (QED) is 0.167. The van der Waals surface area contributed by atoms with E-state index in [1.54, 1.807) is 26.0 Å². The summed E-state index contributed by atoms with van der Waals surface area (Å²) in [7, 11) is -7.77. The minimum Gasteiger partial charge on any atom is -0.398 e. The first-order valence-corrected chi connectivity index (χ1v) is 16.8. The minimum absolute atomic E-state index is 0.0714. The highest BCUT2D eigenvalue weighted by molar-refractivity contribution is 7.92. The van der Waals surface area contributed by atoms with Gasteiger partial charge in [0.05, 0.1) is 16.3 Å². The van der Waals surface area contributed by atoms with Crippen molar-refractivity contribution in [2.75, 3.05) is 41.5 Å². The Morgan fingerprint density at radius 2 is 1.29 bits per heavy atom. The van der Waals surface area contributed by atoms with E-state index < -0.39 is 20.0 Å². The van der Waals surface area contributed by atoms with Crippen LogP contribution >= 0.6 is 0 Å². The van der Waals surface area contributed by atoms with Crippen molar-refractivity contribution in [1.82, 2.24) is 4.31 Å². The van der Waals surface area contributed by atoms with Crippen LogP contribution in [-0.2, 0) is 20.0 Å². The Morgan fingerprint density at radius 3 is 1.79 bits per heavy atom. The highest BCUT2D eigenvalue weighted by atomic mass is 32.2. The maximum Gasteiger partial charge on any atom is 0.261 e. The Kier molecular flexibility index (Phi) is 12.9. The molecular formula is C28H46N4O4S2. The SMILES string of the molecule is CCCCCCN(CCCCCC)c1ccc(S(=O)(=O)Nc2ccc(N)c(S(=O)(=O)N(CC)CC)c2)cc1. The maximum absolute atomic E-state index is 13.1. The van der Waals surface area contributed by atoms with Crippen LogP contribution in [0, 0.1) is 0 Å². The summed E-state index contributed by atoms with van der Waals surface area (Å²) < 4.78 is 56.1. The summed E-state index contributed by atoms with van der Waals surface area (Å²) in [6.45, 7) is 10.4. The molecule has 0 radical (unpaired) electrons. The van der Waals surface area contributed by atoms with Gasteiger partial charge in [-0.15, -0.1) is 0 Å². The zero-order chi connectivity index (χ0) is 28.2. The third kappa shape index (κ3) is 8.88. The second kappa shape index (κ2) is 15.3. The molecule has 38 heavy (non-hydrogen) atoms. The van der Waals surface area contributed by atoms with Crippen LogP contribution in [0.1, 0.15) is 79.1 Å². The van der Waals surface area contributed by atoms with E-state index in [1.165, 1.54) is 61.0 Å². The average molecular weight is 567 g/mol. The number of nitrogen functional groups attached to an aromatic ring is 1. The van der Waals surface area contributed by atoms with Crippen LogP contribution in [-0.4, -0.2) is 47.3 Å². The number of nitrogens with zero attached hydrogens (tertiary/aromatic N) is 2. The van der Waals surface area contributed by atoms with Gasteiger partial charge < -0.3 is 10.6 Å². The smallest absolute Gasteiger partial charge is 0.261 e. The van der Waals surface area contributed by atoms with E-state index in [4.69, 9.17) is 5.73 Å². The van der Waals surface area contributed by atoms with E-state index in [-0.39, 0.29) is 34.3 Å². The van der Waals surface area contributed by atoms with Gasteiger partial charge in [0.2, 0.25) is 10.0 Å². The zero-order valence-electron chi connectivity index (χ0n) is 23.4. The molecule has 8 nitrogen and oxygen atoms in total. The molecule has 2 aromatic rings. The molecule has 0 aromatic heterocycles. The Morgan fingerprint density at radius 1 is 0.737 bits per heavy atom. The van der Waals surface area contributed by atoms with E-state index in [2.05, 4.69) is 23.5 Å². The van der Waals surface area contributed by atoms with Crippen LogP contribution < -0.4 is 15.4 Å². The fourth-order valence-electron chi connectivity index (χ4n) is 4.40. The molecule has 2 rings (SSSR count). The topological polar surface area (TPSA) is 113 Å². The fraction of sp³-hybridized carbons (Fsp3) is 0.571. The molecule has 0 aliphatic rings. The van der Waals surface area contributed by atoms with Crippen molar-refractivity contribution in [1.29, 1.82) is 0 Å². The van der Waals surface area contributed by atoms with Crippen LogP contribution in [0.25, 0.3) is 0 Å². The summed E-state index contributed by atoms with van der Waals surface area (Å²) in [6, 6.07) is 11.1. The molecule has 10 heteroatoms. The molecule has 0 amide bonds. The van der Waals surface area contributed by atoms with Gasteiger partial charge in [-0.2, -0.15) is 4.31 Å². The molecule has 0 saturated heterocycles. The van der Waals surface area contributed by atoms with Crippen molar-refractivity contribution in [3.8, 4) is 0 Å². The second-order valence-electron chi connectivity index (χ2n) is 9.55. The van der Waals surface area contributed by atoms with E-state index in [0.29, 0.717) is 0 Å². The summed E-state index contributed by atoms with van der Waals surface area (Å²) in [5, 5.41) is 0. The fourth-order valence-corrected chi connectivity index (χ4v) is 7.05. The lowest BCUT2D eigenvalue weighted by Crippen LogP contribution is -2.31. The Balaban J connectivity index is 2.23. The molecule has 0 aliphatic carbocycles. The molecule has 0 atom stereocenters. The third-order valence-corrected chi connectivity index (χ3v) is 10.2. The van der Waals surface area contributed by atoms with E-state index in [1.807, 2.05) is 12.1 Å². The first-order valence-electron chi connectivity index (χ1n) is 13.9. The summed E-state index contributed by atoms with van der Waals surface area (Å²) in [6.07, 6.45) is 9.40. The first-order chi connectivity index (χ1) is 18.1. The number of unbranched alkanes of at least 4 members (excludes halogenated alkanes) is 6. The average Bonchev–Trinajstić information content (AvgIpc) is 2.89. The monoisotopic (exact) mass is 566 g/mol. The van der Waals surface area contributed by atoms with Gasteiger partial charge in [0, 0.05) is 31.9 Å². The molecule has 0 bridgehead atoms. The van der Waals surface area contributed by atoms with Gasteiger partial charge in [0.1, 0.15) is 4.90 Å². The molecule has 214 valence electrons. The van der Waals surface area contributed by atoms with Crippen molar-refractivity contribution in [3.63, 3.8) is 0 Å². The molecule has 2 aromatic carbocycles. The Hall–Kier alpha value is -2.30. The van der Waals surface area contributed by atoms with E-state index >= 15 is 0 Å². The van der Waals surface area contributed by atoms with Gasteiger partial charge in [0.25, 0.3) is 10.0 Å². The number of benzene rings is 2. The third-order valence-electron chi connectivity index (χ3n) is 6.66. The number of rotatable bonds is 18. The number of sulfonamides is 2. The standard InChI is InChI=1S/C28H46N4O4S2/c1-5-9-11-13-21-31(22-14-12-10-6-2)25-16-18-26(19-17-25)37(33,34)30-24-15-20-27(29)28(23-24)38(35,36)32(7-3)8-4/h15-20,23,30H,5-14,21-22,29H2,1-4H3. The highest BCUT2D eigenvalue weighted by Gasteiger charge is 2.25. The molecule has 0 fully saturated rings. The first kappa shape index (κ1) is 31.9. The molecule has 0 heterocycles. The molecular weight excluding hydrogens is 520 g/mol. The summed E-state index contributed by atoms with van der Waals surface area (Å²) in [4.78, 5) is 2.35. The molecule has 0 spiro atoms. The van der Waals surface area contributed by atoms with Crippen LogP contribution in [0.4, 0.5) is 17.1 Å². The minimum atomic E-state index is -3.93. The van der Waals surface area contributed by atoms with Crippen molar-refractivity contribution in [3.05, 3.63) is 42.5 Å². The van der Waals surface area contributed by atoms with Gasteiger partial charge in [-0.1, -0.05) is 66.2 Å². The van der Waals surface area contributed by atoms with Crippen LogP contribution in [0.2, 0.25) is 0 Å². The second-order valence-corrected chi connectivity index (χ2v) is 13.1. The number of hydrogen-bond donors (Lipinski definition) is 2. The number of nitrogens with two attached hydrogens (primary N) is 1. The van der Waals surface area contributed by atoms with Crippen molar-refractivity contribution < 1.29 is 16.8 Å². The lowest BCUT2D eigenvalue weighted by Gasteiger charge is -2.25. The van der Waals surface area contributed by atoms with Gasteiger partial charge in [-0.3, -0.25) is 4.72 Å². The maximum atomic E-state index is 13.1. The lowest BCUT2D eigenvalue weighted by atomic mass is 10.1. The lowest BCUT2D eigenvalue weighted by molar-refractivity contribution is 0.445. The van der Waals surface area contributed by atoms with Crippen LogP contribution in [0.5, 0.6) is 0 Å². The number of anilines is 3. The predicted octanol–water partition coefficient (Wildman–Crippen LogP) is 6.07. The van der Waals surface area contributed by atoms with Gasteiger partial charge in [-0.05, 0) is 55.3 Å². The summed E-state index contributed by atoms with van der Waals surface area (Å²) >= 11 is 0. The molecule has 3 N–H and O–H groups in total. The Labute approximate surface area is 230 Å². The summed E-state index contributed by atoms with van der Waals surface area (Å²) in [5.41, 5.74) is 7.18. The number of nitrogens with one attached hydrogen (secondary N) is 1. The van der Waals surface area contributed by atoms with E-state index in [9.17, 15) is 16.8 Å². The number of hydrogen-bond acceptors (Lipinski definition) is 6. The van der Waals surface area contributed by atoms with Gasteiger partial charge in [-0.25, -0.2) is 16.8 Å². The van der Waals surface area contributed by atoms with Crippen molar-refractivity contribution >= 4 is 37.1 Å². The Bertz CT molecular complexity index is 1180. The van der Waals surface area contributed by atoms with Gasteiger partial charge >= 0.3 is 0 Å². The largest absolute Gasteiger partial charge is 0.398 e. The highest BCUT2D eigenvalue weighted by Crippen LogP contribution is 2.28. The summed E-state index contributed by atoms with van der Waals surface area (Å²) in [5.74, 6) is 0. The van der Waals surface area contributed by atoms with E-state index in [0.717, 1.165) is 31.6 Å². The van der Waals surface area contributed by atoms with Gasteiger partial charge in [0.15, 0.2) is 0 Å². The zero-order valence-corrected chi connectivity index (χ0v) is 25.1. The van der Waals surface area contributed by atoms with Crippen LogP contribution in [0.3, 0.4) is 0 Å². The molecule has 0 aliphatic heterocycles. The normalized spacial score (nSPS) is 12.1. The molecule has 0 saturated carbocycles. The van der Waals surface area contributed by atoms with Crippen molar-refractivity contribution in [2.45, 2.75) is 88.9 Å². The predicted molar refractivity (Wildman–Crippen MR) is 159 cm³/mol. The van der Waals surface area contributed by atoms with Crippen LogP contribution in [0.15, 0.2) is 52.3 Å². The van der Waals surface area contributed by atoms with Crippen molar-refractivity contribution in [2.24, 2.45) is 0 Å². The molecule has 0 unspecified atom stereocenters.